The van der Waals surface area contributed by atoms with Gasteiger partial charge < -0.3 is 20.5 Å². The topological polar surface area (TPSA) is 105 Å². The van der Waals surface area contributed by atoms with E-state index in [1.54, 1.807) is 36.4 Å². The summed E-state index contributed by atoms with van der Waals surface area (Å²) in [7, 11) is 0. The smallest absolute Gasteiger partial charge is 0.327 e. The van der Waals surface area contributed by atoms with Crippen LogP contribution in [0.1, 0.15) is 21.5 Å². The Morgan fingerprint density at radius 2 is 1.51 bits per heavy atom. The highest BCUT2D eigenvalue weighted by atomic mass is 35.5. The van der Waals surface area contributed by atoms with E-state index in [9.17, 15) is 19.5 Å². The maximum Gasteiger partial charge on any atom is 0.327 e. The van der Waals surface area contributed by atoms with E-state index in [1.807, 2.05) is 60.7 Å². The van der Waals surface area contributed by atoms with Crippen LogP contribution in [0.25, 0.3) is 6.08 Å². The van der Waals surface area contributed by atoms with Gasteiger partial charge in [0.25, 0.3) is 11.8 Å². The summed E-state index contributed by atoms with van der Waals surface area (Å²) in [6, 6.07) is 30.8. The number of nitrogens with one attached hydrogen (secondary N) is 2. The Morgan fingerprint density at radius 3 is 2.20 bits per heavy atom. The number of halogens is 1. The van der Waals surface area contributed by atoms with Crippen molar-refractivity contribution in [2.24, 2.45) is 0 Å². The number of benzene rings is 4. The van der Waals surface area contributed by atoms with E-state index in [2.05, 4.69) is 10.6 Å². The van der Waals surface area contributed by atoms with Gasteiger partial charge in [-0.3, -0.25) is 9.59 Å². The molecule has 0 spiro atoms. The van der Waals surface area contributed by atoms with Crippen LogP contribution < -0.4 is 15.4 Å². The van der Waals surface area contributed by atoms with E-state index >= 15 is 0 Å². The monoisotopic (exact) mass is 586 g/mol. The molecule has 0 aliphatic rings. The number of carbonyl (C=O) groups is 3. The highest BCUT2D eigenvalue weighted by molar-refractivity contribution is 7.98. The SMILES string of the molecule is O=C(N[C@@H](CSCc1ccccc1)C(=O)O)C(=Cc1cccc(Oc2ccccc2)c1)NC(=O)c1ccc(Cl)cc1. The molecule has 0 saturated heterocycles. The van der Waals surface area contributed by atoms with Crippen molar-refractivity contribution in [3.05, 3.63) is 137 Å². The Kier molecular flexibility index (Phi) is 10.6. The summed E-state index contributed by atoms with van der Waals surface area (Å²) in [4.78, 5) is 38.4. The predicted molar refractivity (Wildman–Crippen MR) is 162 cm³/mol. The Hall–Kier alpha value is -4.53. The predicted octanol–water partition coefficient (Wildman–Crippen LogP) is 6.41. The molecule has 0 fully saturated rings. The number of carbonyl (C=O) groups excluding carboxylic acids is 2. The van der Waals surface area contributed by atoms with Gasteiger partial charge >= 0.3 is 5.97 Å². The second-order valence-corrected chi connectivity index (χ2v) is 10.3. The van der Waals surface area contributed by atoms with Crippen LogP contribution in [-0.4, -0.2) is 34.7 Å². The molecular formula is C32H27ClN2O5S. The van der Waals surface area contributed by atoms with Crippen LogP contribution in [0.3, 0.4) is 0 Å². The number of para-hydroxylation sites is 1. The molecule has 208 valence electrons. The number of amides is 2. The van der Waals surface area contributed by atoms with Crippen LogP contribution in [0.5, 0.6) is 11.5 Å². The third-order valence-corrected chi connectivity index (χ3v) is 7.11. The molecule has 4 aromatic rings. The maximum absolute atomic E-state index is 13.4. The molecular weight excluding hydrogens is 560 g/mol. The van der Waals surface area contributed by atoms with E-state index in [0.29, 0.717) is 27.8 Å². The fourth-order valence-corrected chi connectivity index (χ4v) is 4.83. The highest BCUT2D eigenvalue weighted by Gasteiger charge is 2.23. The van der Waals surface area contributed by atoms with E-state index in [-0.39, 0.29) is 17.0 Å². The molecule has 0 saturated carbocycles. The van der Waals surface area contributed by atoms with Crippen LogP contribution in [0.15, 0.2) is 115 Å². The lowest BCUT2D eigenvalue weighted by Crippen LogP contribution is -2.45. The fourth-order valence-electron chi connectivity index (χ4n) is 3.69. The lowest BCUT2D eigenvalue weighted by Gasteiger charge is -2.17. The first-order valence-corrected chi connectivity index (χ1v) is 14.2. The number of carboxylic acids is 1. The van der Waals surface area contributed by atoms with Crippen LogP contribution in [0, 0.1) is 0 Å². The van der Waals surface area contributed by atoms with Crippen molar-refractivity contribution in [2.75, 3.05) is 5.75 Å². The van der Waals surface area contributed by atoms with Crippen molar-refractivity contribution < 1.29 is 24.2 Å². The van der Waals surface area contributed by atoms with E-state index in [0.717, 1.165) is 5.56 Å². The summed E-state index contributed by atoms with van der Waals surface area (Å²) in [5.41, 5.74) is 1.76. The minimum Gasteiger partial charge on any atom is -0.480 e. The van der Waals surface area contributed by atoms with Gasteiger partial charge in [-0.2, -0.15) is 11.8 Å². The van der Waals surface area contributed by atoms with Crippen molar-refractivity contribution in [2.45, 2.75) is 11.8 Å². The van der Waals surface area contributed by atoms with E-state index in [1.165, 1.54) is 30.0 Å². The van der Waals surface area contributed by atoms with Gasteiger partial charge in [0.05, 0.1) is 0 Å². The van der Waals surface area contributed by atoms with Crippen molar-refractivity contribution in [1.29, 1.82) is 0 Å². The van der Waals surface area contributed by atoms with Crippen molar-refractivity contribution in [3.63, 3.8) is 0 Å². The van der Waals surface area contributed by atoms with Crippen LogP contribution >= 0.6 is 23.4 Å². The third-order valence-electron chi connectivity index (χ3n) is 5.75. The largest absolute Gasteiger partial charge is 0.480 e. The summed E-state index contributed by atoms with van der Waals surface area (Å²) in [6.45, 7) is 0. The molecule has 0 heterocycles. The van der Waals surface area contributed by atoms with Gasteiger partial charge in [0.15, 0.2) is 0 Å². The molecule has 3 N–H and O–H groups in total. The lowest BCUT2D eigenvalue weighted by molar-refractivity contribution is -0.140. The third kappa shape index (κ3) is 9.27. The number of rotatable bonds is 12. The van der Waals surface area contributed by atoms with Gasteiger partial charge in [-0.15, -0.1) is 0 Å². The second kappa shape index (κ2) is 14.7. The quantitative estimate of drug-likeness (QED) is 0.166. The van der Waals surface area contributed by atoms with Gasteiger partial charge in [-0.25, -0.2) is 4.79 Å². The summed E-state index contributed by atoms with van der Waals surface area (Å²) < 4.78 is 5.89. The zero-order chi connectivity index (χ0) is 29.0. The molecule has 2 amide bonds. The fraction of sp³-hybridized carbons (Fsp3) is 0.0938. The van der Waals surface area contributed by atoms with E-state index in [4.69, 9.17) is 16.3 Å². The lowest BCUT2D eigenvalue weighted by atomic mass is 10.1. The molecule has 0 radical (unpaired) electrons. The minimum atomic E-state index is -1.18. The molecule has 9 heteroatoms. The molecule has 4 aromatic carbocycles. The number of hydrogen-bond donors (Lipinski definition) is 3. The Balaban J connectivity index is 1.54. The molecule has 41 heavy (non-hydrogen) atoms. The van der Waals surface area contributed by atoms with E-state index < -0.39 is 23.8 Å². The molecule has 1 atom stereocenters. The number of aliphatic carboxylic acids is 1. The van der Waals surface area contributed by atoms with Crippen LogP contribution in [0.4, 0.5) is 0 Å². The number of hydrogen-bond acceptors (Lipinski definition) is 5. The van der Waals surface area contributed by atoms with Gasteiger partial charge in [0.1, 0.15) is 23.2 Å². The second-order valence-electron chi connectivity index (χ2n) is 8.87. The molecule has 0 unspecified atom stereocenters. The highest BCUT2D eigenvalue weighted by Crippen LogP contribution is 2.23. The zero-order valence-corrected chi connectivity index (χ0v) is 23.4. The molecule has 0 aromatic heterocycles. The molecule has 4 rings (SSSR count). The summed E-state index contributed by atoms with van der Waals surface area (Å²) in [5.74, 6) is -0.589. The average molecular weight is 587 g/mol. The first kappa shape index (κ1) is 29.5. The summed E-state index contributed by atoms with van der Waals surface area (Å²) in [6.07, 6.45) is 1.47. The Morgan fingerprint density at radius 1 is 0.854 bits per heavy atom. The number of carboxylic acid groups (broad SMARTS) is 1. The van der Waals surface area contributed by atoms with Crippen LogP contribution in [0.2, 0.25) is 5.02 Å². The Bertz CT molecular complexity index is 1510. The average Bonchev–Trinajstić information content (AvgIpc) is 2.97. The maximum atomic E-state index is 13.4. The van der Waals surface area contributed by atoms with Gasteiger partial charge in [0, 0.05) is 22.1 Å². The molecule has 0 aliphatic carbocycles. The first-order chi connectivity index (χ1) is 19.9. The number of thioether (sulfide) groups is 1. The Labute approximate surface area is 247 Å². The van der Waals surface area contributed by atoms with Gasteiger partial charge in [0.2, 0.25) is 0 Å². The van der Waals surface area contributed by atoms with Crippen molar-refractivity contribution in [3.8, 4) is 11.5 Å². The summed E-state index contributed by atoms with van der Waals surface area (Å²) in [5, 5.41) is 15.4. The standard InChI is InChI=1S/C32H27ClN2O5S/c33-25-16-14-24(15-17-25)30(36)34-28(19-23-10-7-13-27(18-23)40-26-11-5-2-6-12-26)31(37)35-29(32(38)39)21-41-20-22-8-3-1-4-9-22/h1-19,29H,20-21H2,(H,34,36)(H,35,37)(H,38,39)/t29-/m0/s1. The summed E-state index contributed by atoms with van der Waals surface area (Å²) >= 11 is 7.33. The first-order valence-electron chi connectivity index (χ1n) is 12.6. The minimum absolute atomic E-state index is 0.124. The number of ether oxygens (including phenoxy) is 1. The normalized spacial score (nSPS) is 11.8. The van der Waals surface area contributed by atoms with Crippen molar-refractivity contribution >= 4 is 47.2 Å². The molecule has 0 bridgehead atoms. The zero-order valence-electron chi connectivity index (χ0n) is 21.8. The van der Waals surface area contributed by atoms with Crippen molar-refractivity contribution in [1.82, 2.24) is 10.6 Å². The van der Waals surface area contributed by atoms with Gasteiger partial charge in [-0.05, 0) is 65.7 Å². The molecule has 0 aliphatic heterocycles. The molecule has 7 nitrogen and oxygen atoms in total. The van der Waals surface area contributed by atoms with Gasteiger partial charge in [-0.1, -0.05) is 72.3 Å². The van der Waals surface area contributed by atoms with Crippen LogP contribution in [-0.2, 0) is 15.3 Å².